The van der Waals surface area contributed by atoms with Gasteiger partial charge in [0.1, 0.15) is 0 Å². The van der Waals surface area contributed by atoms with Gasteiger partial charge in [-0.25, -0.2) is 0 Å². The number of carbonyl (C=O) groups excluding carboxylic acids is 3. The van der Waals surface area contributed by atoms with Gasteiger partial charge in [0.05, 0.1) is 18.3 Å². The molecule has 1 aromatic heterocycles. The molecule has 4 rings (SSSR count). The van der Waals surface area contributed by atoms with Crippen molar-refractivity contribution < 1.29 is 23.5 Å². The summed E-state index contributed by atoms with van der Waals surface area (Å²) >= 11 is 0. The zero-order valence-electron chi connectivity index (χ0n) is 15.1. The number of nitrogens with zero attached hydrogens (tertiary/aromatic N) is 3. The number of benzene rings is 1. The summed E-state index contributed by atoms with van der Waals surface area (Å²) in [5.74, 6) is -0.985. The van der Waals surface area contributed by atoms with E-state index in [1.165, 1.54) is 4.90 Å². The fourth-order valence-electron chi connectivity index (χ4n) is 3.52. The third kappa shape index (κ3) is 3.58. The van der Waals surface area contributed by atoms with Gasteiger partial charge in [-0.1, -0.05) is 30.4 Å². The molecule has 2 aromatic rings. The summed E-state index contributed by atoms with van der Waals surface area (Å²) < 4.78 is 10.6. The number of amides is 2. The van der Waals surface area contributed by atoms with E-state index in [-0.39, 0.29) is 49.1 Å². The van der Waals surface area contributed by atoms with Gasteiger partial charge in [-0.2, -0.15) is 0 Å². The normalized spacial score (nSPS) is 21.1. The van der Waals surface area contributed by atoms with Gasteiger partial charge >= 0.3 is 5.97 Å². The molecule has 0 unspecified atom stereocenters. The summed E-state index contributed by atoms with van der Waals surface area (Å²) in [6, 6.07) is 9.25. The molecule has 0 saturated carbocycles. The monoisotopic (exact) mass is 381 g/mol. The van der Waals surface area contributed by atoms with Gasteiger partial charge in [-0.15, -0.1) is 10.2 Å². The van der Waals surface area contributed by atoms with Gasteiger partial charge in [-0.05, 0) is 25.0 Å². The Morgan fingerprint density at radius 3 is 2.43 bits per heavy atom. The Balaban J connectivity index is 1.27. The van der Waals surface area contributed by atoms with Crippen molar-refractivity contribution >= 4 is 17.8 Å². The molecular weight excluding hydrogens is 362 g/mol. The van der Waals surface area contributed by atoms with Crippen LogP contribution in [-0.2, 0) is 25.7 Å². The van der Waals surface area contributed by atoms with Crippen molar-refractivity contribution in [1.82, 2.24) is 15.1 Å². The molecule has 0 radical (unpaired) electrons. The van der Waals surface area contributed by atoms with Gasteiger partial charge in [0, 0.05) is 12.1 Å². The first-order chi connectivity index (χ1) is 13.6. The number of ether oxygens (including phenoxy) is 1. The zero-order chi connectivity index (χ0) is 19.5. The van der Waals surface area contributed by atoms with Crippen LogP contribution < -0.4 is 0 Å². The van der Waals surface area contributed by atoms with Crippen LogP contribution in [0.25, 0.3) is 11.5 Å². The maximum atomic E-state index is 12.4. The van der Waals surface area contributed by atoms with Gasteiger partial charge in [-0.3, -0.25) is 19.3 Å². The quantitative estimate of drug-likeness (QED) is 0.429. The summed E-state index contributed by atoms with van der Waals surface area (Å²) in [5.41, 5.74) is 0.773. The number of likely N-dealkylation sites (tertiary alicyclic amines) is 1. The first-order valence-electron chi connectivity index (χ1n) is 9.17. The summed E-state index contributed by atoms with van der Waals surface area (Å²) in [4.78, 5) is 37.9. The SMILES string of the molecule is O=C(CCN1C(=O)[C@H]2CC=CC[C@H]2C1=O)OCc1nnc(-c2ccccc2)o1. The van der Waals surface area contributed by atoms with Crippen LogP contribution in [-0.4, -0.2) is 39.4 Å². The molecule has 1 aliphatic carbocycles. The van der Waals surface area contributed by atoms with Crippen LogP contribution in [0.3, 0.4) is 0 Å². The maximum Gasteiger partial charge on any atom is 0.308 e. The number of esters is 1. The number of allylic oxidation sites excluding steroid dienone is 2. The Kier molecular flexibility index (Phi) is 5.01. The van der Waals surface area contributed by atoms with Gasteiger partial charge in [0.2, 0.25) is 17.7 Å². The lowest BCUT2D eigenvalue weighted by Gasteiger charge is -2.14. The highest BCUT2D eigenvalue weighted by Crippen LogP contribution is 2.35. The molecule has 0 spiro atoms. The highest BCUT2D eigenvalue weighted by Gasteiger charge is 2.46. The first kappa shape index (κ1) is 18.1. The lowest BCUT2D eigenvalue weighted by molar-refractivity contribution is -0.147. The highest BCUT2D eigenvalue weighted by molar-refractivity contribution is 6.05. The Morgan fingerprint density at radius 1 is 1.07 bits per heavy atom. The minimum Gasteiger partial charge on any atom is -0.456 e. The van der Waals surface area contributed by atoms with Gasteiger partial charge in [0.15, 0.2) is 6.61 Å². The Morgan fingerprint density at radius 2 is 1.75 bits per heavy atom. The topological polar surface area (TPSA) is 103 Å². The number of hydrogen-bond donors (Lipinski definition) is 0. The van der Waals surface area contributed by atoms with Crippen LogP contribution in [0.2, 0.25) is 0 Å². The Labute approximate surface area is 161 Å². The van der Waals surface area contributed by atoms with Crippen LogP contribution in [0.5, 0.6) is 0 Å². The lowest BCUT2D eigenvalue weighted by atomic mass is 9.85. The maximum absolute atomic E-state index is 12.4. The molecule has 8 nitrogen and oxygen atoms in total. The summed E-state index contributed by atoms with van der Waals surface area (Å²) in [6.07, 6.45) is 4.95. The van der Waals surface area contributed by atoms with Gasteiger partial charge in [0.25, 0.3) is 5.89 Å². The molecule has 1 aliphatic heterocycles. The number of rotatable bonds is 6. The molecule has 0 bridgehead atoms. The van der Waals surface area contributed by atoms with Crippen LogP contribution >= 0.6 is 0 Å². The number of hydrogen-bond acceptors (Lipinski definition) is 7. The standard InChI is InChI=1S/C20H19N3O5/c24-17(10-11-23-19(25)14-8-4-5-9-15(14)20(23)26)27-12-16-21-22-18(28-16)13-6-2-1-3-7-13/h1-7,14-15H,8-12H2/t14-,15+. The molecule has 2 atom stereocenters. The van der Waals surface area contributed by atoms with Crippen molar-refractivity contribution in [3.8, 4) is 11.5 Å². The molecule has 2 heterocycles. The van der Waals surface area contributed by atoms with E-state index in [0.717, 1.165) is 5.56 Å². The summed E-state index contributed by atoms with van der Waals surface area (Å²) in [7, 11) is 0. The molecule has 1 saturated heterocycles. The number of carbonyl (C=O) groups is 3. The average Bonchev–Trinajstić information content (AvgIpc) is 3.30. The molecule has 2 amide bonds. The lowest BCUT2D eigenvalue weighted by Crippen LogP contribution is -2.33. The van der Waals surface area contributed by atoms with Crippen molar-refractivity contribution in [2.45, 2.75) is 25.9 Å². The van der Waals surface area contributed by atoms with Crippen LogP contribution in [0.15, 0.2) is 46.9 Å². The minimum absolute atomic E-state index is 0.0304. The highest BCUT2D eigenvalue weighted by atomic mass is 16.5. The van der Waals surface area contributed by atoms with E-state index in [1.54, 1.807) is 0 Å². The van der Waals surface area contributed by atoms with Crippen molar-refractivity contribution in [2.75, 3.05) is 6.54 Å². The second-order valence-corrected chi connectivity index (χ2v) is 6.76. The van der Waals surface area contributed by atoms with Crippen molar-refractivity contribution in [2.24, 2.45) is 11.8 Å². The molecule has 8 heteroatoms. The van der Waals surface area contributed by atoms with E-state index in [2.05, 4.69) is 10.2 Å². The first-order valence-corrected chi connectivity index (χ1v) is 9.17. The molecule has 1 fully saturated rings. The third-order valence-electron chi connectivity index (χ3n) is 4.98. The Hall–Kier alpha value is -3.29. The predicted octanol–water partition coefficient (Wildman–Crippen LogP) is 2.12. The average molecular weight is 381 g/mol. The second-order valence-electron chi connectivity index (χ2n) is 6.76. The molecule has 144 valence electrons. The van der Waals surface area contributed by atoms with E-state index < -0.39 is 5.97 Å². The summed E-state index contributed by atoms with van der Waals surface area (Å²) in [6.45, 7) is -0.127. The van der Waals surface area contributed by atoms with Crippen molar-refractivity contribution in [3.05, 3.63) is 48.4 Å². The molecule has 28 heavy (non-hydrogen) atoms. The van der Waals surface area contributed by atoms with Crippen LogP contribution in [0.4, 0.5) is 0 Å². The zero-order valence-corrected chi connectivity index (χ0v) is 15.1. The van der Waals surface area contributed by atoms with E-state index in [1.807, 2.05) is 42.5 Å². The third-order valence-corrected chi connectivity index (χ3v) is 4.98. The number of fused-ring (bicyclic) bond motifs is 1. The summed E-state index contributed by atoms with van der Waals surface area (Å²) in [5, 5.41) is 7.78. The molecule has 2 aliphatic rings. The van der Waals surface area contributed by atoms with Crippen molar-refractivity contribution in [1.29, 1.82) is 0 Å². The molecule has 1 aromatic carbocycles. The van der Waals surface area contributed by atoms with E-state index in [0.29, 0.717) is 18.7 Å². The van der Waals surface area contributed by atoms with Crippen LogP contribution in [0.1, 0.15) is 25.2 Å². The van der Waals surface area contributed by atoms with Crippen LogP contribution in [0, 0.1) is 11.8 Å². The van der Waals surface area contributed by atoms with E-state index in [4.69, 9.17) is 9.15 Å². The fraction of sp³-hybridized carbons (Fsp3) is 0.350. The minimum atomic E-state index is -0.534. The molecule has 0 N–H and O–H groups in total. The number of imide groups is 1. The van der Waals surface area contributed by atoms with E-state index in [9.17, 15) is 14.4 Å². The fourth-order valence-corrected chi connectivity index (χ4v) is 3.52. The predicted molar refractivity (Wildman–Crippen MR) is 96.2 cm³/mol. The van der Waals surface area contributed by atoms with Crippen molar-refractivity contribution in [3.63, 3.8) is 0 Å². The van der Waals surface area contributed by atoms with Gasteiger partial charge < -0.3 is 9.15 Å². The Bertz CT molecular complexity index is 895. The second kappa shape index (κ2) is 7.75. The largest absolute Gasteiger partial charge is 0.456 e. The van der Waals surface area contributed by atoms with E-state index >= 15 is 0 Å². The molecular formula is C20H19N3O5. The smallest absolute Gasteiger partial charge is 0.308 e. The number of aromatic nitrogens is 2.